The van der Waals surface area contributed by atoms with Gasteiger partial charge in [-0.25, -0.2) is 0 Å². The van der Waals surface area contributed by atoms with Crippen LogP contribution in [0.1, 0.15) is 39.5 Å². The largest absolute Gasteiger partial charge is 0.380 e. The SMILES string of the molecule is CCCCOCCNC(=O)CCC(C)N.Cl. The van der Waals surface area contributed by atoms with Gasteiger partial charge in [-0.3, -0.25) is 4.79 Å². The van der Waals surface area contributed by atoms with Crippen molar-refractivity contribution < 1.29 is 9.53 Å². The lowest BCUT2D eigenvalue weighted by atomic mass is 10.2. The van der Waals surface area contributed by atoms with Crippen molar-refractivity contribution in [3.63, 3.8) is 0 Å². The topological polar surface area (TPSA) is 64.3 Å². The Labute approximate surface area is 105 Å². The van der Waals surface area contributed by atoms with Crippen LogP contribution in [0.15, 0.2) is 0 Å². The van der Waals surface area contributed by atoms with Gasteiger partial charge >= 0.3 is 0 Å². The number of carbonyl (C=O) groups is 1. The molecule has 0 rings (SSSR count). The molecule has 5 heteroatoms. The second kappa shape index (κ2) is 12.7. The van der Waals surface area contributed by atoms with Crippen molar-refractivity contribution in [2.24, 2.45) is 5.73 Å². The van der Waals surface area contributed by atoms with Gasteiger partial charge in [-0.1, -0.05) is 13.3 Å². The number of carbonyl (C=O) groups excluding carboxylic acids is 1. The molecule has 3 N–H and O–H groups in total. The number of hydrogen-bond donors (Lipinski definition) is 2. The van der Waals surface area contributed by atoms with Gasteiger partial charge in [0, 0.05) is 25.6 Å². The molecule has 1 unspecified atom stereocenters. The summed E-state index contributed by atoms with van der Waals surface area (Å²) in [6, 6.07) is 0.0940. The van der Waals surface area contributed by atoms with Crippen LogP contribution in [-0.4, -0.2) is 31.7 Å². The summed E-state index contributed by atoms with van der Waals surface area (Å²) in [6.45, 7) is 6.01. The molecule has 0 radical (unpaired) electrons. The average molecular weight is 253 g/mol. The van der Waals surface area contributed by atoms with Crippen LogP contribution < -0.4 is 11.1 Å². The first-order valence-electron chi connectivity index (χ1n) is 5.76. The van der Waals surface area contributed by atoms with Gasteiger partial charge in [-0.2, -0.15) is 0 Å². The molecule has 0 aliphatic heterocycles. The zero-order valence-corrected chi connectivity index (χ0v) is 11.1. The van der Waals surface area contributed by atoms with E-state index in [2.05, 4.69) is 12.2 Å². The third-order valence-electron chi connectivity index (χ3n) is 2.04. The lowest BCUT2D eigenvalue weighted by Crippen LogP contribution is -2.28. The second-order valence-corrected chi connectivity index (χ2v) is 3.83. The van der Waals surface area contributed by atoms with Crippen LogP contribution in [0, 0.1) is 0 Å². The number of amides is 1. The van der Waals surface area contributed by atoms with Crippen LogP contribution in [0.3, 0.4) is 0 Å². The minimum absolute atomic E-state index is 0. The summed E-state index contributed by atoms with van der Waals surface area (Å²) in [5.74, 6) is 0.0615. The Bertz CT molecular complexity index is 166. The maximum absolute atomic E-state index is 11.2. The Kier molecular flexibility index (Phi) is 14.4. The lowest BCUT2D eigenvalue weighted by Gasteiger charge is -2.07. The predicted molar refractivity (Wildman–Crippen MR) is 68.9 cm³/mol. The van der Waals surface area contributed by atoms with Crippen LogP contribution in [0.5, 0.6) is 0 Å². The quantitative estimate of drug-likeness (QED) is 0.611. The fourth-order valence-electron chi connectivity index (χ4n) is 1.06. The molecule has 1 atom stereocenters. The van der Waals surface area contributed by atoms with E-state index in [-0.39, 0.29) is 24.4 Å². The minimum Gasteiger partial charge on any atom is -0.380 e. The van der Waals surface area contributed by atoms with Gasteiger partial charge < -0.3 is 15.8 Å². The summed E-state index contributed by atoms with van der Waals surface area (Å²) in [4.78, 5) is 11.2. The van der Waals surface area contributed by atoms with Gasteiger partial charge in [0.25, 0.3) is 0 Å². The second-order valence-electron chi connectivity index (χ2n) is 3.83. The minimum atomic E-state index is 0. The zero-order valence-electron chi connectivity index (χ0n) is 10.3. The first-order valence-corrected chi connectivity index (χ1v) is 5.76. The summed E-state index contributed by atoms with van der Waals surface area (Å²) < 4.78 is 5.31. The van der Waals surface area contributed by atoms with Crippen molar-refractivity contribution in [3.8, 4) is 0 Å². The van der Waals surface area contributed by atoms with Crippen LogP contribution in [0.25, 0.3) is 0 Å². The van der Waals surface area contributed by atoms with E-state index in [0.29, 0.717) is 19.6 Å². The van der Waals surface area contributed by atoms with Crippen LogP contribution in [-0.2, 0) is 9.53 Å². The van der Waals surface area contributed by atoms with Gasteiger partial charge in [-0.15, -0.1) is 12.4 Å². The molecular weight excluding hydrogens is 228 g/mol. The highest BCUT2D eigenvalue weighted by Gasteiger charge is 2.02. The Morgan fingerprint density at radius 2 is 2.12 bits per heavy atom. The van der Waals surface area contributed by atoms with Crippen molar-refractivity contribution in [1.82, 2.24) is 5.32 Å². The molecule has 0 aliphatic carbocycles. The van der Waals surface area contributed by atoms with Gasteiger partial charge in [0.05, 0.1) is 6.61 Å². The molecule has 0 heterocycles. The molecule has 16 heavy (non-hydrogen) atoms. The van der Waals surface area contributed by atoms with Crippen LogP contribution in [0.2, 0.25) is 0 Å². The number of rotatable bonds is 9. The van der Waals surface area contributed by atoms with E-state index in [1.807, 2.05) is 6.92 Å². The number of hydrogen-bond acceptors (Lipinski definition) is 3. The van der Waals surface area contributed by atoms with Crippen molar-refractivity contribution in [2.45, 2.75) is 45.6 Å². The van der Waals surface area contributed by atoms with Gasteiger partial charge in [0.1, 0.15) is 0 Å². The Morgan fingerprint density at radius 1 is 1.44 bits per heavy atom. The summed E-state index contributed by atoms with van der Waals surface area (Å²) in [7, 11) is 0. The van der Waals surface area contributed by atoms with Gasteiger partial charge in [0.2, 0.25) is 5.91 Å². The fraction of sp³-hybridized carbons (Fsp3) is 0.909. The monoisotopic (exact) mass is 252 g/mol. The molecule has 0 aromatic rings. The van der Waals surface area contributed by atoms with Crippen LogP contribution >= 0.6 is 12.4 Å². The number of nitrogens with two attached hydrogens (primary N) is 1. The van der Waals surface area contributed by atoms with Crippen molar-refractivity contribution in [2.75, 3.05) is 19.8 Å². The van der Waals surface area contributed by atoms with E-state index < -0.39 is 0 Å². The normalized spacial score (nSPS) is 11.7. The standard InChI is InChI=1S/C11H24N2O2.ClH/c1-3-4-8-15-9-7-13-11(14)6-5-10(2)12;/h10H,3-9,12H2,1-2H3,(H,13,14);1H. The molecule has 0 saturated heterocycles. The summed E-state index contributed by atoms with van der Waals surface area (Å²) in [5.41, 5.74) is 5.55. The third kappa shape index (κ3) is 13.7. The van der Waals surface area contributed by atoms with Gasteiger partial charge in [-0.05, 0) is 19.8 Å². The first kappa shape index (κ1) is 18.1. The highest BCUT2D eigenvalue weighted by atomic mass is 35.5. The summed E-state index contributed by atoms with van der Waals surface area (Å²) in [6.07, 6.45) is 3.47. The molecule has 98 valence electrons. The Balaban J connectivity index is 0. The predicted octanol–water partition coefficient (Wildman–Crippen LogP) is 1.47. The number of nitrogens with one attached hydrogen (secondary N) is 1. The maximum Gasteiger partial charge on any atom is 0.220 e. The van der Waals surface area contributed by atoms with Crippen LogP contribution in [0.4, 0.5) is 0 Å². The summed E-state index contributed by atoms with van der Waals surface area (Å²) >= 11 is 0. The van der Waals surface area contributed by atoms with Crippen molar-refractivity contribution in [1.29, 1.82) is 0 Å². The average Bonchev–Trinajstić information content (AvgIpc) is 2.20. The zero-order chi connectivity index (χ0) is 11.5. The Hall–Kier alpha value is -0.320. The Morgan fingerprint density at radius 3 is 2.69 bits per heavy atom. The smallest absolute Gasteiger partial charge is 0.220 e. The molecule has 0 saturated carbocycles. The molecule has 4 nitrogen and oxygen atoms in total. The number of unbranched alkanes of at least 4 members (excludes halogenated alkanes) is 1. The maximum atomic E-state index is 11.2. The third-order valence-corrected chi connectivity index (χ3v) is 2.04. The van der Waals surface area contributed by atoms with E-state index in [0.717, 1.165) is 25.9 Å². The molecule has 0 bridgehead atoms. The van der Waals surface area contributed by atoms with E-state index >= 15 is 0 Å². The first-order chi connectivity index (χ1) is 7.16. The summed E-state index contributed by atoms with van der Waals surface area (Å²) in [5, 5.41) is 2.80. The van der Waals surface area contributed by atoms with E-state index in [1.165, 1.54) is 0 Å². The molecule has 0 aromatic heterocycles. The molecule has 0 aliphatic rings. The molecule has 0 aromatic carbocycles. The van der Waals surface area contributed by atoms with E-state index in [1.54, 1.807) is 0 Å². The molecule has 0 spiro atoms. The van der Waals surface area contributed by atoms with E-state index in [4.69, 9.17) is 10.5 Å². The lowest BCUT2D eigenvalue weighted by molar-refractivity contribution is -0.121. The van der Waals surface area contributed by atoms with E-state index in [9.17, 15) is 4.79 Å². The number of halogens is 1. The van der Waals surface area contributed by atoms with Gasteiger partial charge in [0.15, 0.2) is 0 Å². The molecule has 0 fully saturated rings. The molecule has 1 amide bonds. The highest BCUT2D eigenvalue weighted by Crippen LogP contribution is 1.92. The number of ether oxygens (including phenoxy) is 1. The van der Waals surface area contributed by atoms with Crippen molar-refractivity contribution in [3.05, 3.63) is 0 Å². The fourth-order valence-corrected chi connectivity index (χ4v) is 1.06. The molecular formula is C11H25ClN2O2. The van der Waals surface area contributed by atoms with Crippen molar-refractivity contribution >= 4 is 18.3 Å². The highest BCUT2D eigenvalue weighted by molar-refractivity contribution is 5.85.